The lowest BCUT2D eigenvalue weighted by atomic mass is 10.2. The Bertz CT molecular complexity index is 1230. The third-order valence-corrected chi connectivity index (χ3v) is 6.92. The standard InChI is InChI=1S/C26H27N5O3S/c1-2-3-4-9-18-34-20-16-14-19(15-17-20)26(32)27-22-11-6-8-13-24(22)35(33)23-12-7-5-10-21(23)25-28-30-31-29-25/h5-8,10-17H,2-4,9,18H2,1H3,(H,27,32)(H,28,29,30,31). The molecule has 1 unspecified atom stereocenters. The normalized spacial score (nSPS) is 11.7. The van der Waals surface area contributed by atoms with E-state index in [4.69, 9.17) is 4.74 Å². The van der Waals surface area contributed by atoms with Crippen LogP contribution in [0.15, 0.2) is 82.6 Å². The number of ether oxygens (including phenoxy) is 1. The van der Waals surface area contributed by atoms with Gasteiger partial charge in [-0.2, -0.15) is 0 Å². The van der Waals surface area contributed by atoms with Crippen molar-refractivity contribution in [1.29, 1.82) is 0 Å². The van der Waals surface area contributed by atoms with Crippen molar-refractivity contribution in [3.8, 4) is 17.1 Å². The first-order valence-corrected chi connectivity index (χ1v) is 12.7. The summed E-state index contributed by atoms with van der Waals surface area (Å²) in [5, 5.41) is 16.8. The number of para-hydroxylation sites is 1. The fourth-order valence-corrected chi connectivity index (χ4v) is 4.89. The minimum absolute atomic E-state index is 0.295. The predicted molar refractivity (Wildman–Crippen MR) is 135 cm³/mol. The highest BCUT2D eigenvalue weighted by atomic mass is 32.2. The molecule has 2 N–H and O–H groups in total. The molecule has 4 rings (SSSR count). The van der Waals surface area contributed by atoms with E-state index >= 15 is 0 Å². The number of nitrogens with zero attached hydrogens (tertiary/aromatic N) is 3. The molecule has 0 spiro atoms. The second kappa shape index (κ2) is 12.1. The summed E-state index contributed by atoms with van der Waals surface area (Å²) >= 11 is -1.59. The van der Waals surface area contributed by atoms with Crippen LogP contribution in [-0.4, -0.2) is 37.7 Å². The van der Waals surface area contributed by atoms with Crippen LogP contribution < -0.4 is 10.1 Å². The van der Waals surface area contributed by atoms with Gasteiger partial charge in [0.15, 0.2) is 15.6 Å². The average Bonchev–Trinajstić information content (AvgIpc) is 3.44. The van der Waals surface area contributed by atoms with Crippen LogP contribution in [0.1, 0.15) is 43.0 Å². The van der Waals surface area contributed by atoms with Crippen molar-refractivity contribution in [2.24, 2.45) is 0 Å². The summed E-state index contributed by atoms with van der Waals surface area (Å²) in [5.41, 5.74) is 1.58. The number of aromatic nitrogens is 4. The van der Waals surface area contributed by atoms with Crippen molar-refractivity contribution in [2.75, 3.05) is 11.9 Å². The summed E-state index contributed by atoms with van der Waals surface area (Å²) in [4.78, 5) is 14.0. The molecule has 0 saturated heterocycles. The fourth-order valence-electron chi connectivity index (χ4n) is 3.56. The molecule has 0 saturated carbocycles. The molecule has 4 aromatic rings. The van der Waals surface area contributed by atoms with E-state index in [1.807, 2.05) is 6.07 Å². The summed E-state index contributed by atoms with van der Waals surface area (Å²) in [6.45, 7) is 2.84. The quantitative estimate of drug-likeness (QED) is 0.220. The SMILES string of the molecule is CCCCCCOc1ccc(C(=O)Nc2ccccc2[S+]([O-])c2ccccc2-c2nnn[nH]2)cc1. The molecule has 180 valence electrons. The number of amides is 1. The van der Waals surface area contributed by atoms with E-state index in [1.54, 1.807) is 66.7 Å². The average molecular weight is 490 g/mol. The minimum atomic E-state index is -1.59. The van der Waals surface area contributed by atoms with Crippen LogP contribution in [0.5, 0.6) is 5.75 Å². The van der Waals surface area contributed by atoms with Gasteiger partial charge < -0.3 is 14.6 Å². The van der Waals surface area contributed by atoms with Gasteiger partial charge in [-0.25, -0.2) is 5.10 Å². The van der Waals surface area contributed by atoms with E-state index in [0.717, 1.165) is 18.6 Å². The molecular weight excluding hydrogens is 462 g/mol. The van der Waals surface area contributed by atoms with E-state index in [0.29, 0.717) is 39.0 Å². The number of hydrogen-bond acceptors (Lipinski definition) is 6. The molecule has 0 bridgehead atoms. The Labute approximate surface area is 207 Å². The lowest BCUT2D eigenvalue weighted by Gasteiger charge is -2.16. The number of nitrogens with one attached hydrogen (secondary N) is 2. The van der Waals surface area contributed by atoms with Crippen molar-refractivity contribution in [3.63, 3.8) is 0 Å². The van der Waals surface area contributed by atoms with E-state index in [9.17, 15) is 9.35 Å². The molecule has 8 nitrogen and oxygen atoms in total. The van der Waals surface area contributed by atoms with Crippen molar-refractivity contribution < 1.29 is 14.1 Å². The van der Waals surface area contributed by atoms with Gasteiger partial charge in [0.25, 0.3) is 5.91 Å². The maximum atomic E-state index is 13.6. The topological polar surface area (TPSA) is 116 Å². The molecule has 9 heteroatoms. The second-order valence-electron chi connectivity index (χ2n) is 7.90. The highest BCUT2D eigenvalue weighted by Gasteiger charge is 2.25. The van der Waals surface area contributed by atoms with Gasteiger partial charge >= 0.3 is 0 Å². The zero-order valence-electron chi connectivity index (χ0n) is 19.4. The summed E-state index contributed by atoms with van der Waals surface area (Å²) < 4.78 is 19.3. The van der Waals surface area contributed by atoms with Crippen molar-refractivity contribution in [3.05, 3.63) is 78.4 Å². The Morgan fingerprint density at radius 1 is 0.971 bits per heavy atom. The first kappa shape index (κ1) is 24.4. The van der Waals surface area contributed by atoms with Gasteiger partial charge in [-0.3, -0.25) is 4.79 Å². The second-order valence-corrected chi connectivity index (χ2v) is 9.32. The predicted octanol–water partition coefficient (Wildman–Crippen LogP) is 5.24. The monoisotopic (exact) mass is 489 g/mol. The molecule has 1 amide bonds. The van der Waals surface area contributed by atoms with Crippen LogP contribution in [0.25, 0.3) is 11.4 Å². The maximum absolute atomic E-state index is 13.6. The number of aromatic amines is 1. The number of carbonyl (C=O) groups is 1. The molecule has 1 atom stereocenters. The molecular formula is C26H27N5O3S. The molecule has 0 radical (unpaired) electrons. The molecule has 0 aliphatic heterocycles. The van der Waals surface area contributed by atoms with Gasteiger partial charge in [0, 0.05) is 16.7 Å². The van der Waals surface area contributed by atoms with Gasteiger partial charge in [0.05, 0.1) is 17.9 Å². The van der Waals surface area contributed by atoms with Gasteiger partial charge in [-0.15, -0.1) is 5.10 Å². The third-order valence-electron chi connectivity index (χ3n) is 5.41. The van der Waals surface area contributed by atoms with Crippen LogP contribution in [0.2, 0.25) is 0 Å². The van der Waals surface area contributed by atoms with Crippen LogP contribution >= 0.6 is 0 Å². The summed E-state index contributed by atoms with van der Waals surface area (Å²) in [5.74, 6) is 0.859. The number of rotatable bonds is 11. The number of H-pyrrole nitrogens is 1. The Kier molecular flexibility index (Phi) is 8.48. The van der Waals surface area contributed by atoms with Gasteiger partial charge in [-0.05, 0) is 65.4 Å². The van der Waals surface area contributed by atoms with Gasteiger partial charge in [0.2, 0.25) is 0 Å². The highest BCUT2D eigenvalue weighted by molar-refractivity contribution is 7.91. The number of tetrazole rings is 1. The fraction of sp³-hybridized carbons (Fsp3) is 0.231. The Hall–Kier alpha value is -3.69. The van der Waals surface area contributed by atoms with Crippen LogP contribution in [0, 0.1) is 0 Å². The zero-order chi connectivity index (χ0) is 24.5. The Balaban J connectivity index is 1.47. The summed E-state index contributed by atoms with van der Waals surface area (Å²) in [7, 11) is 0. The highest BCUT2D eigenvalue weighted by Crippen LogP contribution is 2.33. The number of benzene rings is 3. The van der Waals surface area contributed by atoms with Crippen LogP contribution in [0.3, 0.4) is 0 Å². The third kappa shape index (κ3) is 6.26. The Morgan fingerprint density at radius 2 is 1.71 bits per heavy atom. The molecule has 1 aromatic heterocycles. The van der Waals surface area contributed by atoms with E-state index < -0.39 is 11.2 Å². The largest absolute Gasteiger partial charge is 0.606 e. The van der Waals surface area contributed by atoms with Crippen molar-refractivity contribution >= 4 is 22.8 Å². The lowest BCUT2D eigenvalue weighted by Crippen LogP contribution is -2.15. The number of hydrogen-bond donors (Lipinski definition) is 2. The van der Waals surface area contributed by atoms with E-state index in [-0.39, 0.29) is 5.91 Å². The molecule has 0 fully saturated rings. The lowest BCUT2D eigenvalue weighted by molar-refractivity contribution is 0.102. The maximum Gasteiger partial charge on any atom is 0.255 e. The van der Waals surface area contributed by atoms with Crippen molar-refractivity contribution in [2.45, 2.75) is 42.4 Å². The number of anilines is 1. The number of unbranched alkanes of at least 4 members (excludes halogenated alkanes) is 3. The number of carbonyl (C=O) groups excluding carboxylic acids is 1. The van der Waals surface area contributed by atoms with Crippen molar-refractivity contribution in [1.82, 2.24) is 20.6 Å². The van der Waals surface area contributed by atoms with E-state index in [2.05, 4.69) is 32.9 Å². The van der Waals surface area contributed by atoms with E-state index in [1.165, 1.54) is 12.8 Å². The smallest absolute Gasteiger partial charge is 0.255 e. The molecule has 0 aliphatic carbocycles. The van der Waals surface area contributed by atoms with Gasteiger partial charge in [0.1, 0.15) is 5.75 Å². The van der Waals surface area contributed by atoms with Gasteiger partial charge in [-0.1, -0.05) is 50.5 Å². The summed E-state index contributed by atoms with van der Waals surface area (Å²) in [6, 6.07) is 21.3. The summed E-state index contributed by atoms with van der Waals surface area (Å²) in [6.07, 6.45) is 4.56. The first-order valence-electron chi connectivity index (χ1n) is 11.6. The molecule has 1 heterocycles. The molecule has 0 aliphatic rings. The molecule has 35 heavy (non-hydrogen) atoms. The molecule has 3 aromatic carbocycles. The minimum Gasteiger partial charge on any atom is -0.606 e. The first-order chi connectivity index (χ1) is 17.2. The zero-order valence-corrected chi connectivity index (χ0v) is 20.3. The van der Waals surface area contributed by atoms with Crippen LogP contribution in [0.4, 0.5) is 5.69 Å². The Morgan fingerprint density at radius 3 is 2.46 bits per heavy atom. The van der Waals surface area contributed by atoms with Crippen LogP contribution in [-0.2, 0) is 11.2 Å².